The molecule has 20 heavy (non-hydrogen) atoms. The van der Waals surface area contributed by atoms with Crippen LogP contribution >= 0.6 is 0 Å². The standard InChI is InChI=1S/C17H24O3/c1-5-14(6-2)19-16-10-9-13(12-18)11-17(16)20-15(7-3)8-4/h5,7,9-11,18H,6,8,12H2,1-4H3. The lowest BCUT2D eigenvalue weighted by atomic mass is 10.2. The molecule has 110 valence electrons. The summed E-state index contributed by atoms with van der Waals surface area (Å²) in [6.45, 7) is 7.96. The average Bonchev–Trinajstić information content (AvgIpc) is 2.50. The van der Waals surface area contributed by atoms with Crippen molar-refractivity contribution >= 4 is 0 Å². The molecule has 0 aliphatic carbocycles. The molecular formula is C17H24O3. The van der Waals surface area contributed by atoms with Crippen molar-refractivity contribution in [3.05, 3.63) is 47.4 Å². The van der Waals surface area contributed by atoms with Crippen LogP contribution in [0, 0.1) is 0 Å². The zero-order valence-corrected chi connectivity index (χ0v) is 12.8. The Morgan fingerprint density at radius 3 is 2.00 bits per heavy atom. The number of rotatable bonds is 7. The summed E-state index contributed by atoms with van der Waals surface area (Å²) in [7, 11) is 0. The first-order valence-electron chi connectivity index (χ1n) is 7.08. The molecule has 0 spiro atoms. The van der Waals surface area contributed by atoms with E-state index in [1.807, 2.05) is 58.0 Å². The van der Waals surface area contributed by atoms with Crippen LogP contribution in [-0.2, 0) is 6.61 Å². The van der Waals surface area contributed by atoms with Crippen molar-refractivity contribution < 1.29 is 14.6 Å². The second kappa shape index (κ2) is 8.43. The van der Waals surface area contributed by atoms with Gasteiger partial charge in [-0.3, -0.25) is 0 Å². The summed E-state index contributed by atoms with van der Waals surface area (Å²) in [6.07, 6.45) is 5.51. The lowest BCUT2D eigenvalue weighted by Crippen LogP contribution is -2.00. The molecule has 0 amide bonds. The SMILES string of the molecule is CC=C(CC)Oc1ccc(CO)cc1OC(=CC)CC. The monoisotopic (exact) mass is 276 g/mol. The Hall–Kier alpha value is -1.74. The van der Waals surface area contributed by atoms with Crippen molar-refractivity contribution in [1.82, 2.24) is 0 Å². The van der Waals surface area contributed by atoms with E-state index in [2.05, 4.69) is 0 Å². The quantitative estimate of drug-likeness (QED) is 0.742. The van der Waals surface area contributed by atoms with Gasteiger partial charge in [0.05, 0.1) is 18.1 Å². The van der Waals surface area contributed by atoms with Crippen LogP contribution in [0.25, 0.3) is 0 Å². The molecule has 3 heteroatoms. The molecule has 0 heterocycles. The zero-order chi connectivity index (χ0) is 15.0. The fraction of sp³-hybridized carbons (Fsp3) is 0.412. The Morgan fingerprint density at radius 2 is 1.55 bits per heavy atom. The first kappa shape index (κ1) is 16.3. The van der Waals surface area contributed by atoms with E-state index < -0.39 is 0 Å². The maximum absolute atomic E-state index is 9.25. The topological polar surface area (TPSA) is 38.7 Å². The van der Waals surface area contributed by atoms with Gasteiger partial charge in [0.25, 0.3) is 0 Å². The molecule has 0 radical (unpaired) electrons. The molecule has 1 aromatic rings. The Labute approximate surface area is 121 Å². The van der Waals surface area contributed by atoms with E-state index in [-0.39, 0.29) is 6.61 Å². The van der Waals surface area contributed by atoms with Crippen LogP contribution in [0.1, 0.15) is 46.1 Å². The molecule has 0 unspecified atom stereocenters. The first-order chi connectivity index (χ1) is 9.68. The third kappa shape index (κ3) is 4.42. The number of benzene rings is 1. The van der Waals surface area contributed by atoms with Crippen LogP contribution in [0.2, 0.25) is 0 Å². The van der Waals surface area contributed by atoms with Gasteiger partial charge in [0.15, 0.2) is 11.5 Å². The van der Waals surface area contributed by atoms with E-state index in [4.69, 9.17) is 9.47 Å². The molecule has 0 aliphatic rings. The summed E-state index contributed by atoms with van der Waals surface area (Å²) < 4.78 is 11.7. The van der Waals surface area contributed by atoms with Gasteiger partial charge in [-0.05, 0) is 43.7 Å². The fourth-order valence-electron chi connectivity index (χ4n) is 1.77. The molecule has 0 saturated heterocycles. The highest BCUT2D eigenvalue weighted by molar-refractivity contribution is 5.44. The minimum Gasteiger partial charge on any atom is -0.458 e. The van der Waals surface area contributed by atoms with Crippen molar-refractivity contribution in [2.75, 3.05) is 0 Å². The van der Waals surface area contributed by atoms with E-state index in [0.29, 0.717) is 11.5 Å². The second-order valence-corrected chi connectivity index (χ2v) is 4.36. The largest absolute Gasteiger partial charge is 0.458 e. The smallest absolute Gasteiger partial charge is 0.169 e. The van der Waals surface area contributed by atoms with Gasteiger partial charge >= 0.3 is 0 Å². The summed E-state index contributed by atoms with van der Waals surface area (Å²) in [6, 6.07) is 5.49. The maximum atomic E-state index is 9.25. The lowest BCUT2D eigenvalue weighted by molar-refractivity contribution is 0.280. The van der Waals surface area contributed by atoms with Crippen LogP contribution < -0.4 is 9.47 Å². The van der Waals surface area contributed by atoms with E-state index in [1.165, 1.54) is 0 Å². The Balaban J connectivity index is 3.09. The highest BCUT2D eigenvalue weighted by atomic mass is 16.5. The normalized spacial score (nSPS) is 12.4. The minimum absolute atomic E-state index is 0.0157. The molecule has 3 nitrogen and oxygen atoms in total. The minimum atomic E-state index is -0.0157. The maximum Gasteiger partial charge on any atom is 0.169 e. The third-order valence-corrected chi connectivity index (χ3v) is 3.01. The molecule has 0 atom stereocenters. The van der Waals surface area contributed by atoms with Crippen molar-refractivity contribution in [1.29, 1.82) is 0 Å². The predicted octanol–water partition coefficient (Wildman–Crippen LogP) is 4.56. The number of allylic oxidation sites excluding steroid dienone is 4. The molecule has 1 aromatic carbocycles. The van der Waals surface area contributed by atoms with E-state index in [1.54, 1.807) is 0 Å². The molecule has 0 aliphatic heterocycles. The highest BCUT2D eigenvalue weighted by Crippen LogP contribution is 2.32. The van der Waals surface area contributed by atoms with Crippen LogP contribution in [0.3, 0.4) is 0 Å². The van der Waals surface area contributed by atoms with Crippen molar-refractivity contribution in [2.24, 2.45) is 0 Å². The molecule has 0 fully saturated rings. The van der Waals surface area contributed by atoms with E-state index in [9.17, 15) is 5.11 Å². The molecule has 0 aromatic heterocycles. The van der Waals surface area contributed by atoms with Gasteiger partial charge in [0.1, 0.15) is 0 Å². The summed E-state index contributed by atoms with van der Waals surface area (Å²) in [5.74, 6) is 3.08. The van der Waals surface area contributed by atoms with Gasteiger partial charge < -0.3 is 14.6 Å². The first-order valence-corrected chi connectivity index (χ1v) is 7.08. The number of aliphatic hydroxyl groups is 1. The van der Waals surface area contributed by atoms with Crippen molar-refractivity contribution in [2.45, 2.75) is 47.1 Å². The van der Waals surface area contributed by atoms with E-state index in [0.717, 1.165) is 29.9 Å². The number of hydrogen-bond donors (Lipinski definition) is 1. The van der Waals surface area contributed by atoms with Crippen LogP contribution in [-0.4, -0.2) is 5.11 Å². The molecule has 1 N–H and O–H groups in total. The van der Waals surface area contributed by atoms with Crippen LogP contribution in [0.5, 0.6) is 11.5 Å². The fourth-order valence-corrected chi connectivity index (χ4v) is 1.77. The van der Waals surface area contributed by atoms with Crippen molar-refractivity contribution in [3.63, 3.8) is 0 Å². The second-order valence-electron chi connectivity index (χ2n) is 4.36. The number of aliphatic hydroxyl groups excluding tert-OH is 1. The van der Waals surface area contributed by atoms with Gasteiger partial charge in [-0.15, -0.1) is 0 Å². The molecule has 1 rings (SSSR count). The summed E-state index contributed by atoms with van der Waals surface area (Å²) in [4.78, 5) is 0. The predicted molar refractivity (Wildman–Crippen MR) is 81.7 cm³/mol. The molecule has 0 bridgehead atoms. The Kier molecular flexibility index (Phi) is 6.88. The van der Waals surface area contributed by atoms with Gasteiger partial charge in [-0.2, -0.15) is 0 Å². The summed E-state index contributed by atoms with van der Waals surface area (Å²) >= 11 is 0. The van der Waals surface area contributed by atoms with Gasteiger partial charge in [0, 0.05) is 12.8 Å². The van der Waals surface area contributed by atoms with Crippen LogP contribution in [0.15, 0.2) is 41.9 Å². The van der Waals surface area contributed by atoms with Gasteiger partial charge in [0.2, 0.25) is 0 Å². The van der Waals surface area contributed by atoms with Gasteiger partial charge in [-0.25, -0.2) is 0 Å². The highest BCUT2D eigenvalue weighted by Gasteiger charge is 2.10. The van der Waals surface area contributed by atoms with Gasteiger partial charge in [-0.1, -0.05) is 19.9 Å². The molecular weight excluding hydrogens is 252 g/mol. The molecule has 0 saturated carbocycles. The number of ether oxygens (including phenoxy) is 2. The Morgan fingerprint density at radius 1 is 1.00 bits per heavy atom. The van der Waals surface area contributed by atoms with Crippen LogP contribution in [0.4, 0.5) is 0 Å². The van der Waals surface area contributed by atoms with Crippen molar-refractivity contribution in [3.8, 4) is 11.5 Å². The average molecular weight is 276 g/mol. The summed E-state index contributed by atoms with van der Waals surface area (Å²) in [5, 5.41) is 9.25. The number of hydrogen-bond acceptors (Lipinski definition) is 3. The zero-order valence-electron chi connectivity index (χ0n) is 12.8. The third-order valence-electron chi connectivity index (χ3n) is 3.01. The van der Waals surface area contributed by atoms with E-state index >= 15 is 0 Å². The summed E-state index contributed by atoms with van der Waals surface area (Å²) in [5.41, 5.74) is 0.803. The lowest BCUT2D eigenvalue weighted by Gasteiger charge is -2.15. The Bertz CT molecular complexity index is 487.